The van der Waals surface area contributed by atoms with Crippen LogP contribution in [0.5, 0.6) is 0 Å². The predicted octanol–water partition coefficient (Wildman–Crippen LogP) is 4.78. The van der Waals surface area contributed by atoms with E-state index in [0.29, 0.717) is 11.5 Å². The van der Waals surface area contributed by atoms with Gasteiger partial charge < -0.3 is 5.32 Å². The molecule has 0 spiro atoms. The van der Waals surface area contributed by atoms with Gasteiger partial charge in [-0.15, -0.1) is 11.3 Å². The van der Waals surface area contributed by atoms with Crippen molar-refractivity contribution in [2.24, 2.45) is 0 Å². The number of aromatic nitrogens is 3. The van der Waals surface area contributed by atoms with E-state index in [1.807, 2.05) is 12.1 Å². The van der Waals surface area contributed by atoms with Crippen LogP contribution in [-0.4, -0.2) is 15.0 Å². The number of benzene rings is 1. The number of hydrogen-bond donors (Lipinski definition) is 1. The molecule has 1 aromatic carbocycles. The number of thiophene rings is 1. The van der Waals surface area contributed by atoms with Crippen molar-refractivity contribution in [1.29, 1.82) is 0 Å². The first-order valence-corrected chi connectivity index (χ1v) is 7.62. The number of halogens is 2. The number of fused-ring (bicyclic) bond motifs is 3. The summed E-state index contributed by atoms with van der Waals surface area (Å²) < 4.78 is 14.1. The molecule has 0 atom stereocenters. The topological polar surface area (TPSA) is 50.7 Å². The molecule has 0 aliphatic rings. The number of rotatable bonds is 2. The molecule has 3 aromatic heterocycles. The average Bonchev–Trinajstić information content (AvgIpc) is 2.91. The number of anilines is 2. The molecule has 108 valence electrons. The molecule has 0 unspecified atom stereocenters. The van der Waals surface area contributed by atoms with Gasteiger partial charge >= 0.3 is 0 Å². The second-order valence-corrected chi connectivity index (χ2v) is 6.02. The molecule has 0 aliphatic heterocycles. The smallest absolute Gasteiger partial charge is 0.151 e. The van der Waals surface area contributed by atoms with Crippen molar-refractivity contribution >= 4 is 54.9 Å². The molecule has 7 heteroatoms. The van der Waals surface area contributed by atoms with Gasteiger partial charge in [-0.05, 0) is 30.3 Å². The highest BCUT2D eigenvalue weighted by Crippen LogP contribution is 2.35. The molecule has 0 fully saturated rings. The molecule has 4 nitrogen and oxygen atoms in total. The molecule has 0 aliphatic carbocycles. The summed E-state index contributed by atoms with van der Waals surface area (Å²) in [6.07, 6.45) is 3.24. The monoisotopic (exact) mass is 330 g/mol. The highest BCUT2D eigenvalue weighted by Gasteiger charge is 2.12. The van der Waals surface area contributed by atoms with Gasteiger partial charge in [0.2, 0.25) is 0 Å². The Morgan fingerprint density at radius 2 is 2.05 bits per heavy atom. The number of nitrogens with zero attached hydrogens (tertiary/aromatic N) is 3. The van der Waals surface area contributed by atoms with E-state index in [0.717, 1.165) is 20.4 Å². The summed E-state index contributed by atoms with van der Waals surface area (Å²) in [5, 5.41) is 4.21. The zero-order chi connectivity index (χ0) is 15.1. The Bertz CT molecular complexity index is 1000. The summed E-state index contributed by atoms with van der Waals surface area (Å²) in [5.41, 5.74) is 1.51. The van der Waals surface area contributed by atoms with Crippen LogP contribution < -0.4 is 5.32 Å². The first-order valence-electron chi connectivity index (χ1n) is 6.43. The molecule has 4 rings (SSSR count). The van der Waals surface area contributed by atoms with Gasteiger partial charge in [-0.1, -0.05) is 11.6 Å². The summed E-state index contributed by atoms with van der Waals surface area (Å²) in [7, 11) is 0. The molecule has 22 heavy (non-hydrogen) atoms. The first kappa shape index (κ1) is 13.4. The Morgan fingerprint density at radius 1 is 1.14 bits per heavy atom. The van der Waals surface area contributed by atoms with Gasteiger partial charge in [0.25, 0.3) is 0 Å². The van der Waals surface area contributed by atoms with Crippen LogP contribution in [-0.2, 0) is 0 Å². The molecule has 0 saturated carbocycles. The van der Waals surface area contributed by atoms with Crippen LogP contribution in [0.2, 0.25) is 5.02 Å². The zero-order valence-corrected chi connectivity index (χ0v) is 12.6. The highest BCUT2D eigenvalue weighted by atomic mass is 35.5. The maximum atomic E-state index is 13.2. The van der Waals surface area contributed by atoms with Crippen LogP contribution in [0.3, 0.4) is 0 Å². The largest absolute Gasteiger partial charge is 0.339 e. The Kier molecular flexibility index (Phi) is 3.13. The number of pyridine rings is 1. The molecular weight excluding hydrogens is 323 g/mol. The van der Waals surface area contributed by atoms with Crippen LogP contribution in [0.25, 0.3) is 20.4 Å². The van der Waals surface area contributed by atoms with E-state index in [1.54, 1.807) is 12.3 Å². The molecule has 1 N–H and O–H groups in total. The van der Waals surface area contributed by atoms with E-state index in [9.17, 15) is 4.39 Å². The van der Waals surface area contributed by atoms with Gasteiger partial charge in [0.1, 0.15) is 17.0 Å². The van der Waals surface area contributed by atoms with Crippen molar-refractivity contribution in [3.8, 4) is 0 Å². The van der Waals surface area contributed by atoms with Crippen molar-refractivity contribution in [2.45, 2.75) is 0 Å². The third-order valence-corrected chi connectivity index (χ3v) is 4.61. The maximum Gasteiger partial charge on any atom is 0.151 e. The lowest BCUT2D eigenvalue weighted by atomic mass is 10.3. The van der Waals surface area contributed by atoms with E-state index in [2.05, 4.69) is 20.3 Å². The molecule has 4 aromatic rings. The third kappa shape index (κ3) is 2.17. The predicted molar refractivity (Wildman–Crippen MR) is 87.4 cm³/mol. The Balaban J connectivity index is 1.86. The van der Waals surface area contributed by atoms with E-state index in [1.165, 1.54) is 29.8 Å². The fourth-order valence-corrected chi connectivity index (χ4v) is 3.43. The Morgan fingerprint density at radius 3 is 2.91 bits per heavy atom. The number of hydrogen-bond acceptors (Lipinski definition) is 5. The van der Waals surface area contributed by atoms with E-state index in [4.69, 9.17) is 11.6 Å². The fourth-order valence-electron chi connectivity index (χ4n) is 2.21. The van der Waals surface area contributed by atoms with Crippen molar-refractivity contribution in [3.63, 3.8) is 0 Å². The van der Waals surface area contributed by atoms with E-state index in [-0.39, 0.29) is 5.02 Å². The zero-order valence-electron chi connectivity index (χ0n) is 11.0. The van der Waals surface area contributed by atoms with Crippen molar-refractivity contribution in [3.05, 3.63) is 53.7 Å². The maximum absolute atomic E-state index is 13.2. The first-order chi connectivity index (χ1) is 10.7. The van der Waals surface area contributed by atoms with E-state index < -0.39 is 5.82 Å². The van der Waals surface area contributed by atoms with Crippen LogP contribution in [0.4, 0.5) is 15.9 Å². The summed E-state index contributed by atoms with van der Waals surface area (Å²) in [6, 6.07) is 8.31. The van der Waals surface area contributed by atoms with Gasteiger partial charge in [-0.25, -0.2) is 19.3 Å². The van der Waals surface area contributed by atoms with Crippen LogP contribution in [0.1, 0.15) is 0 Å². The quantitative estimate of drug-likeness (QED) is 0.575. The van der Waals surface area contributed by atoms with Gasteiger partial charge in [-0.3, -0.25) is 0 Å². The Labute approximate surface area is 133 Å². The van der Waals surface area contributed by atoms with Gasteiger partial charge in [0, 0.05) is 17.3 Å². The summed E-state index contributed by atoms with van der Waals surface area (Å²) >= 11 is 7.32. The molecule has 0 bridgehead atoms. The molecular formula is C15H8ClFN4S. The Hall–Kier alpha value is -2.31. The van der Waals surface area contributed by atoms with Crippen LogP contribution in [0.15, 0.2) is 42.9 Å². The minimum absolute atomic E-state index is 0.0632. The molecule has 0 saturated heterocycles. The fraction of sp³-hybridized carbons (Fsp3) is 0. The lowest BCUT2D eigenvalue weighted by Crippen LogP contribution is -1.94. The lowest BCUT2D eigenvalue weighted by Gasteiger charge is -2.06. The molecule has 0 amide bonds. The summed E-state index contributed by atoms with van der Waals surface area (Å²) in [4.78, 5) is 13.9. The standard InChI is InChI=1S/C15H8ClFN4S/c16-10-6-8(3-4-11(10)17)21-14-13-12(19-7-20-14)9-2-1-5-18-15(9)22-13/h1-7H,(H,19,20,21). The van der Waals surface area contributed by atoms with E-state index >= 15 is 0 Å². The second kappa shape index (κ2) is 5.15. The van der Waals surface area contributed by atoms with Crippen molar-refractivity contribution < 1.29 is 4.39 Å². The lowest BCUT2D eigenvalue weighted by molar-refractivity contribution is 0.628. The van der Waals surface area contributed by atoms with Crippen molar-refractivity contribution in [1.82, 2.24) is 15.0 Å². The second-order valence-electron chi connectivity index (χ2n) is 4.61. The van der Waals surface area contributed by atoms with Crippen LogP contribution in [0, 0.1) is 5.82 Å². The normalized spacial score (nSPS) is 11.2. The average molecular weight is 331 g/mol. The highest BCUT2D eigenvalue weighted by molar-refractivity contribution is 7.25. The van der Waals surface area contributed by atoms with Gasteiger partial charge in [0.05, 0.1) is 15.2 Å². The SMILES string of the molecule is Fc1ccc(Nc2ncnc3c2sc2ncccc23)cc1Cl. The number of nitrogens with one attached hydrogen (secondary N) is 1. The molecule has 0 radical (unpaired) electrons. The van der Waals surface area contributed by atoms with Crippen LogP contribution >= 0.6 is 22.9 Å². The summed E-state index contributed by atoms with van der Waals surface area (Å²) in [6.45, 7) is 0. The molecule has 3 heterocycles. The van der Waals surface area contributed by atoms with Gasteiger partial charge in [0.15, 0.2) is 5.82 Å². The van der Waals surface area contributed by atoms with Crippen molar-refractivity contribution in [2.75, 3.05) is 5.32 Å². The third-order valence-electron chi connectivity index (χ3n) is 3.21. The van der Waals surface area contributed by atoms with Gasteiger partial charge in [-0.2, -0.15) is 0 Å². The summed E-state index contributed by atoms with van der Waals surface area (Å²) in [5.74, 6) is 0.196. The minimum Gasteiger partial charge on any atom is -0.339 e. The minimum atomic E-state index is -0.453.